The van der Waals surface area contributed by atoms with Gasteiger partial charge in [0.2, 0.25) is 0 Å². The molecule has 0 saturated carbocycles. The van der Waals surface area contributed by atoms with Crippen LogP contribution in [0.5, 0.6) is 0 Å². The molecule has 0 fully saturated rings. The van der Waals surface area contributed by atoms with Gasteiger partial charge in [0.25, 0.3) is 0 Å². The molecule has 3 nitrogen and oxygen atoms in total. The average molecular weight is 227 g/mol. The van der Waals surface area contributed by atoms with Crippen LogP contribution in [-0.4, -0.2) is 17.6 Å². The number of carboxylic acid groups (broad SMARTS) is 1. The maximum absolute atomic E-state index is 10.8. The SMILES string of the molecule is CCc1ccc(C(C)(CN)CC(=O)O)s1. The number of aliphatic carboxylic acids is 1. The highest BCUT2D eigenvalue weighted by Crippen LogP contribution is 2.32. The van der Waals surface area contributed by atoms with E-state index in [2.05, 4.69) is 13.0 Å². The van der Waals surface area contributed by atoms with E-state index < -0.39 is 11.4 Å². The maximum atomic E-state index is 10.8. The van der Waals surface area contributed by atoms with Crippen LogP contribution in [-0.2, 0) is 16.6 Å². The molecule has 1 heterocycles. The van der Waals surface area contributed by atoms with E-state index in [9.17, 15) is 4.79 Å². The lowest BCUT2D eigenvalue weighted by Crippen LogP contribution is -2.33. The zero-order valence-electron chi connectivity index (χ0n) is 9.12. The van der Waals surface area contributed by atoms with Crippen LogP contribution in [0.4, 0.5) is 0 Å². The molecule has 3 N–H and O–H groups in total. The highest BCUT2D eigenvalue weighted by Gasteiger charge is 2.29. The molecule has 0 spiro atoms. The van der Waals surface area contributed by atoms with E-state index >= 15 is 0 Å². The Hall–Kier alpha value is -0.870. The van der Waals surface area contributed by atoms with Crippen molar-refractivity contribution in [3.05, 3.63) is 21.9 Å². The van der Waals surface area contributed by atoms with Crippen molar-refractivity contribution >= 4 is 17.3 Å². The number of nitrogens with two attached hydrogens (primary N) is 1. The van der Waals surface area contributed by atoms with Gasteiger partial charge in [-0.3, -0.25) is 4.79 Å². The summed E-state index contributed by atoms with van der Waals surface area (Å²) in [6.07, 6.45) is 1.07. The fraction of sp³-hybridized carbons (Fsp3) is 0.545. The summed E-state index contributed by atoms with van der Waals surface area (Å²) in [7, 11) is 0. The Bertz CT molecular complexity index is 348. The van der Waals surface area contributed by atoms with Crippen molar-refractivity contribution in [2.45, 2.75) is 32.1 Å². The van der Waals surface area contributed by atoms with Crippen LogP contribution < -0.4 is 5.73 Å². The van der Waals surface area contributed by atoms with Crippen molar-refractivity contribution in [2.24, 2.45) is 5.73 Å². The minimum absolute atomic E-state index is 0.0904. The predicted octanol–water partition coefficient (Wildman–Crippen LogP) is 2.00. The molecule has 0 saturated heterocycles. The summed E-state index contributed by atoms with van der Waals surface area (Å²) in [6, 6.07) is 4.05. The van der Waals surface area contributed by atoms with Gasteiger partial charge in [-0.25, -0.2) is 0 Å². The zero-order valence-corrected chi connectivity index (χ0v) is 9.93. The fourth-order valence-corrected chi connectivity index (χ4v) is 2.59. The van der Waals surface area contributed by atoms with Crippen LogP contribution in [0, 0.1) is 0 Å². The second-order valence-electron chi connectivity index (χ2n) is 3.95. The van der Waals surface area contributed by atoms with Gasteiger partial charge in [-0.2, -0.15) is 0 Å². The van der Waals surface area contributed by atoms with Gasteiger partial charge in [-0.1, -0.05) is 13.8 Å². The predicted molar refractivity (Wildman–Crippen MR) is 62.4 cm³/mol. The Labute approximate surface area is 93.9 Å². The Morgan fingerprint density at radius 1 is 1.60 bits per heavy atom. The Morgan fingerprint density at radius 3 is 2.67 bits per heavy atom. The largest absolute Gasteiger partial charge is 0.481 e. The lowest BCUT2D eigenvalue weighted by molar-refractivity contribution is -0.138. The number of hydrogen-bond donors (Lipinski definition) is 2. The Kier molecular flexibility index (Phi) is 3.88. The van der Waals surface area contributed by atoms with Crippen LogP contribution >= 0.6 is 11.3 Å². The Morgan fingerprint density at radius 2 is 2.27 bits per heavy atom. The number of rotatable bonds is 5. The molecule has 1 rings (SSSR count). The van der Waals surface area contributed by atoms with Gasteiger partial charge in [0.05, 0.1) is 6.42 Å². The van der Waals surface area contributed by atoms with E-state index in [0.29, 0.717) is 6.54 Å². The molecule has 4 heteroatoms. The van der Waals surface area contributed by atoms with E-state index in [1.807, 2.05) is 13.0 Å². The van der Waals surface area contributed by atoms with Gasteiger partial charge in [0.1, 0.15) is 0 Å². The number of carbonyl (C=O) groups is 1. The summed E-state index contributed by atoms with van der Waals surface area (Å²) < 4.78 is 0. The van der Waals surface area contributed by atoms with Crippen molar-refractivity contribution < 1.29 is 9.90 Å². The van der Waals surface area contributed by atoms with Crippen molar-refractivity contribution in [1.29, 1.82) is 0 Å². The van der Waals surface area contributed by atoms with Gasteiger partial charge in [-0.05, 0) is 18.6 Å². The molecule has 1 aromatic heterocycles. The van der Waals surface area contributed by atoms with Crippen LogP contribution in [0.15, 0.2) is 12.1 Å². The third-order valence-corrected chi connectivity index (χ3v) is 4.13. The molecular formula is C11H17NO2S. The fourth-order valence-electron chi connectivity index (χ4n) is 1.49. The lowest BCUT2D eigenvalue weighted by atomic mass is 9.85. The van der Waals surface area contributed by atoms with E-state index in [0.717, 1.165) is 11.3 Å². The smallest absolute Gasteiger partial charge is 0.304 e. The second-order valence-corrected chi connectivity index (χ2v) is 5.12. The first-order valence-corrected chi connectivity index (χ1v) is 5.84. The number of aryl methyl sites for hydroxylation is 1. The van der Waals surface area contributed by atoms with Gasteiger partial charge in [0.15, 0.2) is 0 Å². The quantitative estimate of drug-likeness (QED) is 0.808. The maximum Gasteiger partial charge on any atom is 0.304 e. The van der Waals surface area contributed by atoms with Gasteiger partial charge < -0.3 is 10.8 Å². The first-order valence-electron chi connectivity index (χ1n) is 5.03. The van der Waals surface area contributed by atoms with E-state index in [1.165, 1.54) is 4.88 Å². The summed E-state index contributed by atoms with van der Waals surface area (Å²) >= 11 is 1.66. The van der Waals surface area contributed by atoms with E-state index in [1.54, 1.807) is 11.3 Å². The van der Waals surface area contributed by atoms with Gasteiger partial charge in [0, 0.05) is 21.7 Å². The lowest BCUT2D eigenvalue weighted by Gasteiger charge is -2.24. The highest BCUT2D eigenvalue weighted by molar-refractivity contribution is 7.12. The Balaban J connectivity index is 2.94. The van der Waals surface area contributed by atoms with Gasteiger partial charge >= 0.3 is 5.97 Å². The minimum Gasteiger partial charge on any atom is -0.481 e. The normalized spacial score (nSPS) is 14.9. The van der Waals surface area contributed by atoms with Crippen LogP contribution in [0.25, 0.3) is 0 Å². The molecule has 15 heavy (non-hydrogen) atoms. The average Bonchev–Trinajstić information content (AvgIpc) is 2.65. The molecule has 0 aromatic carbocycles. The molecule has 84 valence electrons. The molecular weight excluding hydrogens is 210 g/mol. The molecule has 0 aliphatic carbocycles. The monoisotopic (exact) mass is 227 g/mol. The third-order valence-electron chi connectivity index (χ3n) is 2.60. The molecule has 0 aliphatic heterocycles. The molecule has 0 bridgehead atoms. The second kappa shape index (κ2) is 4.77. The molecule has 1 atom stereocenters. The first-order chi connectivity index (χ1) is 7.01. The molecule has 0 radical (unpaired) electrons. The highest BCUT2D eigenvalue weighted by atomic mass is 32.1. The number of thiophene rings is 1. The van der Waals surface area contributed by atoms with Crippen LogP contribution in [0.3, 0.4) is 0 Å². The standard InChI is InChI=1S/C11H17NO2S/c1-3-8-4-5-9(15-8)11(2,7-12)6-10(13)14/h4-5H,3,6-7,12H2,1-2H3,(H,13,14). The topological polar surface area (TPSA) is 63.3 Å². The summed E-state index contributed by atoms with van der Waals surface area (Å²) in [5.41, 5.74) is 5.25. The first kappa shape index (κ1) is 12.2. The number of hydrogen-bond acceptors (Lipinski definition) is 3. The summed E-state index contributed by atoms with van der Waals surface area (Å²) in [5, 5.41) is 8.85. The molecule has 0 amide bonds. The minimum atomic E-state index is -0.797. The van der Waals surface area contributed by atoms with Crippen LogP contribution in [0.2, 0.25) is 0 Å². The molecule has 1 unspecified atom stereocenters. The van der Waals surface area contributed by atoms with Crippen LogP contribution in [0.1, 0.15) is 30.0 Å². The van der Waals surface area contributed by atoms with Crippen molar-refractivity contribution in [3.63, 3.8) is 0 Å². The molecule has 0 aliphatic rings. The van der Waals surface area contributed by atoms with Crippen molar-refractivity contribution in [2.75, 3.05) is 6.54 Å². The van der Waals surface area contributed by atoms with E-state index in [4.69, 9.17) is 10.8 Å². The number of carboxylic acids is 1. The third kappa shape index (κ3) is 2.79. The van der Waals surface area contributed by atoms with Crippen molar-refractivity contribution in [3.8, 4) is 0 Å². The molecule has 1 aromatic rings. The summed E-state index contributed by atoms with van der Waals surface area (Å²) in [5.74, 6) is -0.797. The summed E-state index contributed by atoms with van der Waals surface area (Å²) in [6.45, 7) is 4.36. The van der Waals surface area contributed by atoms with E-state index in [-0.39, 0.29) is 6.42 Å². The zero-order chi connectivity index (χ0) is 11.5. The van der Waals surface area contributed by atoms with Crippen molar-refractivity contribution in [1.82, 2.24) is 0 Å². The van der Waals surface area contributed by atoms with Gasteiger partial charge in [-0.15, -0.1) is 11.3 Å². The summed E-state index contributed by atoms with van der Waals surface area (Å²) in [4.78, 5) is 13.1.